The van der Waals surface area contributed by atoms with E-state index in [1.165, 1.54) is 24.4 Å². The number of benzene rings is 1. The van der Waals surface area contributed by atoms with Gasteiger partial charge in [0.15, 0.2) is 12.4 Å². The number of halogens is 2. The highest BCUT2D eigenvalue weighted by atomic mass is 35.5. The Hall–Kier alpha value is -2.91. The second-order valence-corrected chi connectivity index (χ2v) is 6.30. The first kappa shape index (κ1) is 20.4. The Balaban J connectivity index is 2.09. The van der Waals surface area contributed by atoms with Gasteiger partial charge in [0.05, 0.1) is 26.2 Å². The van der Waals surface area contributed by atoms with Crippen molar-refractivity contribution in [3.63, 3.8) is 0 Å². The standard InChI is InChI=1S/C16H14Cl2N4O5/c1-21(2)13-4-3-10(22(25)26)6-11(13)16(24)27-8-14(23)20-15-12(18)5-9(17)7-19-15/h3-7H,8H2,1-2H3,(H,19,20,23). The largest absolute Gasteiger partial charge is 0.452 e. The van der Waals surface area contributed by atoms with Gasteiger partial charge in [-0.25, -0.2) is 9.78 Å². The van der Waals surface area contributed by atoms with E-state index in [2.05, 4.69) is 10.3 Å². The number of nitro benzene ring substituents is 1. The zero-order chi connectivity index (χ0) is 20.1. The van der Waals surface area contributed by atoms with E-state index in [0.717, 1.165) is 6.07 Å². The van der Waals surface area contributed by atoms with Gasteiger partial charge in [0, 0.05) is 32.4 Å². The van der Waals surface area contributed by atoms with E-state index in [-0.39, 0.29) is 22.1 Å². The van der Waals surface area contributed by atoms with Crippen molar-refractivity contribution in [1.82, 2.24) is 4.98 Å². The van der Waals surface area contributed by atoms with E-state index in [9.17, 15) is 19.7 Å². The fourth-order valence-electron chi connectivity index (χ4n) is 2.07. The molecule has 0 unspecified atom stereocenters. The molecule has 0 fully saturated rings. The molecule has 27 heavy (non-hydrogen) atoms. The molecule has 2 aromatic rings. The number of non-ortho nitro benzene ring substituents is 1. The molecule has 0 bridgehead atoms. The van der Waals surface area contributed by atoms with Crippen LogP contribution in [-0.4, -0.2) is 42.5 Å². The molecular weight excluding hydrogens is 399 g/mol. The number of pyridine rings is 1. The number of amides is 1. The summed E-state index contributed by atoms with van der Waals surface area (Å²) in [4.78, 5) is 40.0. The molecule has 0 aliphatic carbocycles. The van der Waals surface area contributed by atoms with Gasteiger partial charge < -0.3 is 15.0 Å². The maximum absolute atomic E-state index is 12.3. The molecule has 0 saturated heterocycles. The van der Waals surface area contributed by atoms with E-state index in [0.29, 0.717) is 10.7 Å². The highest BCUT2D eigenvalue weighted by Gasteiger charge is 2.20. The maximum atomic E-state index is 12.3. The quantitative estimate of drug-likeness (QED) is 0.440. The molecule has 0 saturated carbocycles. The van der Waals surface area contributed by atoms with E-state index in [4.69, 9.17) is 27.9 Å². The van der Waals surface area contributed by atoms with Crippen molar-refractivity contribution in [3.8, 4) is 0 Å². The number of rotatable bonds is 6. The van der Waals surface area contributed by atoms with Crippen molar-refractivity contribution in [1.29, 1.82) is 0 Å². The first-order chi connectivity index (χ1) is 12.7. The Labute approximate surface area is 164 Å². The van der Waals surface area contributed by atoms with Gasteiger partial charge in [0.2, 0.25) is 0 Å². The van der Waals surface area contributed by atoms with E-state index >= 15 is 0 Å². The lowest BCUT2D eigenvalue weighted by Crippen LogP contribution is -2.23. The van der Waals surface area contributed by atoms with Crippen LogP contribution in [0.4, 0.5) is 17.2 Å². The zero-order valence-corrected chi connectivity index (χ0v) is 15.7. The second kappa shape index (κ2) is 8.65. The van der Waals surface area contributed by atoms with Crippen LogP contribution in [0.5, 0.6) is 0 Å². The molecule has 9 nitrogen and oxygen atoms in total. The van der Waals surface area contributed by atoms with E-state index in [1.54, 1.807) is 19.0 Å². The number of nitrogens with one attached hydrogen (secondary N) is 1. The molecule has 1 heterocycles. The smallest absolute Gasteiger partial charge is 0.341 e. The lowest BCUT2D eigenvalue weighted by molar-refractivity contribution is -0.384. The fourth-order valence-corrected chi connectivity index (χ4v) is 2.50. The summed E-state index contributed by atoms with van der Waals surface area (Å²) in [5, 5.41) is 13.7. The molecule has 1 amide bonds. The molecule has 0 aliphatic heterocycles. The summed E-state index contributed by atoms with van der Waals surface area (Å²) in [6.45, 7) is -0.630. The van der Waals surface area contributed by atoms with Gasteiger partial charge in [0.25, 0.3) is 11.6 Å². The Morgan fingerprint density at radius 2 is 2.00 bits per heavy atom. The summed E-state index contributed by atoms with van der Waals surface area (Å²) in [5.41, 5.74) is 0.104. The minimum absolute atomic E-state index is 0.0374. The fraction of sp³-hybridized carbons (Fsp3) is 0.188. The third-order valence-electron chi connectivity index (χ3n) is 3.29. The molecule has 2 rings (SSSR count). The lowest BCUT2D eigenvalue weighted by atomic mass is 10.1. The molecule has 0 atom stereocenters. The van der Waals surface area contributed by atoms with Crippen molar-refractivity contribution in [3.05, 3.63) is 56.2 Å². The number of nitrogens with zero attached hydrogens (tertiary/aromatic N) is 3. The van der Waals surface area contributed by atoms with E-state index < -0.39 is 23.4 Å². The number of anilines is 2. The predicted octanol–water partition coefficient (Wildman–Crippen LogP) is 3.16. The van der Waals surface area contributed by atoms with Crippen LogP contribution >= 0.6 is 23.2 Å². The van der Waals surface area contributed by atoms with Crippen LogP contribution in [0, 0.1) is 10.1 Å². The SMILES string of the molecule is CN(C)c1ccc([N+](=O)[O-])cc1C(=O)OCC(=O)Nc1ncc(Cl)cc1Cl. The van der Waals surface area contributed by atoms with Gasteiger partial charge in [-0.3, -0.25) is 14.9 Å². The molecule has 1 N–H and O–H groups in total. The Morgan fingerprint density at radius 3 is 2.59 bits per heavy atom. The number of carbonyl (C=O) groups is 2. The Morgan fingerprint density at radius 1 is 1.30 bits per heavy atom. The number of hydrogen-bond acceptors (Lipinski definition) is 7. The number of aromatic nitrogens is 1. The van der Waals surface area contributed by atoms with Crippen molar-refractivity contribution in [2.45, 2.75) is 0 Å². The number of hydrogen-bond donors (Lipinski definition) is 1. The average Bonchev–Trinajstić information content (AvgIpc) is 2.61. The summed E-state index contributed by atoms with van der Waals surface area (Å²) in [7, 11) is 3.33. The summed E-state index contributed by atoms with van der Waals surface area (Å²) in [6.07, 6.45) is 1.29. The third-order valence-corrected chi connectivity index (χ3v) is 3.79. The second-order valence-electron chi connectivity index (χ2n) is 5.46. The maximum Gasteiger partial charge on any atom is 0.341 e. The van der Waals surface area contributed by atoms with Gasteiger partial charge in [-0.1, -0.05) is 23.2 Å². The van der Waals surface area contributed by atoms with Crippen molar-refractivity contribution in [2.24, 2.45) is 0 Å². The monoisotopic (exact) mass is 412 g/mol. The summed E-state index contributed by atoms with van der Waals surface area (Å²) in [6, 6.07) is 5.18. The molecule has 11 heteroatoms. The summed E-state index contributed by atoms with van der Waals surface area (Å²) < 4.78 is 4.95. The lowest BCUT2D eigenvalue weighted by Gasteiger charge is -2.16. The molecule has 1 aromatic heterocycles. The molecule has 0 spiro atoms. The van der Waals surface area contributed by atoms with Gasteiger partial charge in [-0.2, -0.15) is 0 Å². The van der Waals surface area contributed by atoms with Crippen molar-refractivity contribution < 1.29 is 19.2 Å². The van der Waals surface area contributed by atoms with Gasteiger partial charge in [0.1, 0.15) is 0 Å². The average molecular weight is 413 g/mol. The third kappa shape index (κ3) is 5.28. The topological polar surface area (TPSA) is 115 Å². The van der Waals surface area contributed by atoms with Crippen molar-refractivity contribution >= 4 is 52.3 Å². The Kier molecular flexibility index (Phi) is 6.54. The number of nitro groups is 1. The van der Waals surface area contributed by atoms with Crippen LogP contribution in [0.1, 0.15) is 10.4 Å². The van der Waals surface area contributed by atoms with Crippen LogP contribution in [0.2, 0.25) is 10.0 Å². The molecular formula is C16H14Cl2N4O5. The van der Waals surface area contributed by atoms with Gasteiger partial charge >= 0.3 is 5.97 Å². The van der Waals surface area contributed by atoms with Gasteiger partial charge in [-0.15, -0.1) is 0 Å². The predicted molar refractivity (Wildman–Crippen MR) is 101 cm³/mol. The van der Waals surface area contributed by atoms with Crippen LogP contribution in [0.25, 0.3) is 0 Å². The molecule has 0 radical (unpaired) electrons. The molecule has 142 valence electrons. The number of ether oxygens (including phenoxy) is 1. The van der Waals surface area contributed by atoms with Crippen LogP contribution in [0.3, 0.4) is 0 Å². The van der Waals surface area contributed by atoms with Crippen LogP contribution in [0.15, 0.2) is 30.5 Å². The van der Waals surface area contributed by atoms with Crippen LogP contribution in [-0.2, 0) is 9.53 Å². The molecule has 1 aromatic carbocycles. The normalized spacial score (nSPS) is 10.2. The first-order valence-electron chi connectivity index (χ1n) is 7.43. The minimum atomic E-state index is -0.882. The minimum Gasteiger partial charge on any atom is -0.452 e. The summed E-state index contributed by atoms with van der Waals surface area (Å²) in [5.74, 6) is -1.50. The van der Waals surface area contributed by atoms with Gasteiger partial charge in [-0.05, 0) is 12.1 Å². The highest BCUT2D eigenvalue weighted by Crippen LogP contribution is 2.25. The Bertz CT molecular complexity index is 904. The summed E-state index contributed by atoms with van der Waals surface area (Å²) >= 11 is 11.6. The zero-order valence-electron chi connectivity index (χ0n) is 14.2. The van der Waals surface area contributed by atoms with Crippen LogP contribution < -0.4 is 10.2 Å². The number of carbonyl (C=O) groups excluding carboxylic acids is 2. The van der Waals surface area contributed by atoms with E-state index in [1.807, 2.05) is 0 Å². The molecule has 0 aliphatic rings. The highest BCUT2D eigenvalue weighted by molar-refractivity contribution is 6.36. The first-order valence-corrected chi connectivity index (χ1v) is 8.18. The number of esters is 1. The van der Waals surface area contributed by atoms with Crippen molar-refractivity contribution in [2.75, 3.05) is 30.9 Å².